The average molecular weight is 232 g/mol. The molecule has 0 atom stereocenters. The van der Waals surface area contributed by atoms with E-state index in [2.05, 4.69) is 51.7 Å². The molecule has 4 nitrogen and oxygen atoms in total. The van der Waals surface area contributed by atoms with E-state index in [1.54, 1.807) is 0 Å². The summed E-state index contributed by atoms with van der Waals surface area (Å²) in [6.45, 7) is 3.65. The molecular formula is C13H20N4. The molecule has 2 rings (SSSR count). The smallest absolute Gasteiger partial charge is 0.0763 e. The van der Waals surface area contributed by atoms with Crippen molar-refractivity contribution in [3.05, 3.63) is 35.6 Å². The first-order chi connectivity index (χ1) is 8.29. The molecule has 0 amide bonds. The number of allylic oxidation sites excluding steroid dienone is 2. The highest BCUT2D eigenvalue weighted by molar-refractivity contribution is 5.79. The molecule has 17 heavy (non-hydrogen) atoms. The van der Waals surface area contributed by atoms with Crippen molar-refractivity contribution in [2.75, 3.05) is 40.3 Å². The Balaban J connectivity index is 1.88. The molecule has 92 valence electrons. The molecule has 0 unspecified atom stereocenters. The number of nitrogens with one attached hydrogen (secondary N) is 1. The van der Waals surface area contributed by atoms with Crippen molar-refractivity contribution >= 4 is 6.21 Å². The third kappa shape index (κ3) is 3.20. The SMILES string of the molecule is CNCC1=CCN(CC2=CC=CCN2C)N=C1. The monoisotopic (exact) mass is 232 g/mol. The number of hydrogen-bond donors (Lipinski definition) is 1. The normalized spacial score (nSPS) is 19.4. The Kier molecular flexibility index (Phi) is 3.98. The number of hydrazone groups is 1. The topological polar surface area (TPSA) is 30.9 Å². The lowest BCUT2D eigenvalue weighted by molar-refractivity contribution is 0.303. The summed E-state index contributed by atoms with van der Waals surface area (Å²) in [7, 11) is 4.07. The number of likely N-dealkylation sites (N-methyl/N-ethyl adjacent to an activating group) is 2. The fourth-order valence-corrected chi connectivity index (χ4v) is 1.91. The standard InChI is InChI=1S/C13H20N4/c1-14-9-12-6-8-17(15-10-12)11-13-5-3-4-7-16(13)2/h3-6,10,14H,7-9,11H2,1-2H3. The van der Waals surface area contributed by atoms with Crippen LogP contribution in [-0.4, -0.2) is 56.4 Å². The maximum Gasteiger partial charge on any atom is 0.0763 e. The van der Waals surface area contributed by atoms with Gasteiger partial charge in [0, 0.05) is 25.8 Å². The van der Waals surface area contributed by atoms with Crippen LogP contribution in [0.2, 0.25) is 0 Å². The van der Waals surface area contributed by atoms with Crippen LogP contribution in [0.4, 0.5) is 0 Å². The largest absolute Gasteiger partial charge is 0.373 e. The highest BCUT2D eigenvalue weighted by Crippen LogP contribution is 2.11. The lowest BCUT2D eigenvalue weighted by atomic mass is 10.2. The molecule has 2 aliphatic rings. The Morgan fingerprint density at radius 3 is 2.94 bits per heavy atom. The first kappa shape index (κ1) is 11.9. The van der Waals surface area contributed by atoms with Crippen molar-refractivity contribution in [3.8, 4) is 0 Å². The minimum absolute atomic E-state index is 0.876. The summed E-state index contributed by atoms with van der Waals surface area (Å²) >= 11 is 0. The Bertz CT molecular complexity index is 379. The second-order valence-corrected chi connectivity index (χ2v) is 4.37. The maximum atomic E-state index is 4.47. The third-order valence-corrected chi connectivity index (χ3v) is 2.97. The Morgan fingerprint density at radius 1 is 1.41 bits per heavy atom. The van der Waals surface area contributed by atoms with Gasteiger partial charge in [-0.05, 0) is 18.7 Å². The van der Waals surface area contributed by atoms with Gasteiger partial charge >= 0.3 is 0 Å². The molecule has 1 N–H and O–H groups in total. The van der Waals surface area contributed by atoms with Gasteiger partial charge < -0.3 is 10.2 Å². The minimum atomic E-state index is 0.876. The zero-order valence-electron chi connectivity index (χ0n) is 10.6. The average Bonchev–Trinajstić information content (AvgIpc) is 2.35. The van der Waals surface area contributed by atoms with Crippen LogP contribution in [0.3, 0.4) is 0 Å². The number of nitrogens with zero attached hydrogens (tertiary/aromatic N) is 3. The molecular weight excluding hydrogens is 212 g/mol. The van der Waals surface area contributed by atoms with Crippen molar-refractivity contribution in [1.82, 2.24) is 15.2 Å². The summed E-state index contributed by atoms with van der Waals surface area (Å²) < 4.78 is 0. The molecule has 0 fully saturated rings. The van der Waals surface area contributed by atoms with Crippen LogP contribution in [0.15, 0.2) is 40.7 Å². The van der Waals surface area contributed by atoms with E-state index in [-0.39, 0.29) is 0 Å². The van der Waals surface area contributed by atoms with Gasteiger partial charge in [-0.1, -0.05) is 18.2 Å². The van der Waals surface area contributed by atoms with Crippen LogP contribution >= 0.6 is 0 Å². The fourth-order valence-electron chi connectivity index (χ4n) is 1.91. The zero-order valence-corrected chi connectivity index (χ0v) is 10.6. The van der Waals surface area contributed by atoms with Gasteiger partial charge in [-0.2, -0.15) is 5.10 Å². The van der Waals surface area contributed by atoms with Gasteiger partial charge in [0.25, 0.3) is 0 Å². The molecule has 0 bridgehead atoms. The van der Waals surface area contributed by atoms with Crippen molar-refractivity contribution in [2.24, 2.45) is 5.10 Å². The number of hydrogen-bond acceptors (Lipinski definition) is 4. The van der Waals surface area contributed by atoms with Crippen LogP contribution in [-0.2, 0) is 0 Å². The second kappa shape index (κ2) is 5.68. The van der Waals surface area contributed by atoms with Crippen LogP contribution in [0.1, 0.15) is 0 Å². The van der Waals surface area contributed by atoms with Crippen molar-refractivity contribution in [1.29, 1.82) is 0 Å². The maximum absolute atomic E-state index is 4.47. The molecule has 0 spiro atoms. The van der Waals surface area contributed by atoms with Gasteiger partial charge in [0.1, 0.15) is 0 Å². The van der Waals surface area contributed by atoms with Gasteiger partial charge in [0.05, 0.1) is 19.3 Å². The highest BCUT2D eigenvalue weighted by Gasteiger charge is 2.11. The van der Waals surface area contributed by atoms with E-state index in [0.717, 1.165) is 26.2 Å². The van der Waals surface area contributed by atoms with E-state index in [1.165, 1.54) is 11.3 Å². The number of rotatable bonds is 4. The Hall–Kier alpha value is -1.55. The lowest BCUT2D eigenvalue weighted by Gasteiger charge is -2.29. The summed E-state index contributed by atoms with van der Waals surface area (Å²) in [6, 6.07) is 0. The van der Waals surface area contributed by atoms with Crippen molar-refractivity contribution < 1.29 is 0 Å². The van der Waals surface area contributed by atoms with Crippen molar-refractivity contribution in [3.63, 3.8) is 0 Å². The highest BCUT2D eigenvalue weighted by atomic mass is 15.5. The van der Waals surface area contributed by atoms with E-state index in [0.29, 0.717) is 0 Å². The summed E-state index contributed by atoms with van der Waals surface area (Å²) in [6.07, 6.45) is 10.6. The van der Waals surface area contributed by atoms with E-state index in [1.807, 2.05) is 13.3 Å². The molecule has 0 aromatic rings. The van der Waals surface area contributed by atoms with Crippen LogP contribution in [0.25, 0.3) is 0 Å². The van der Waals surface area contributed by atoms with Gasteiger partial charge in [-0.25, -0.2) is 0 Å². The van der Waals surface area contributed by atoms with Crippen LogP contribution in [0, 0.1) is 0 Å². The zero-order chi connectivity index (χ0) is 12.1. The fraction of sp³-hybridized carbons (Fsp3) is 0.462. The van der Waals surface area contributed by atoms with E-state index in [4.69, 9.17) is 0 Å². The van der Waals surface area contributed by atoms with Crippen molar-refractivity contribution in [2.45, 2.75) is 0 Å². The van der Waals surface area contributed by atoms with Gasteiger partial charge in [0.2, 0.25) is 0 Å². The molecule has 2 heterocycles. The summed E-state index contributed by atoms with van der Waals surface area (Å²) in [4.78, 5) is 2.25. The second-order valence-electron chi connectivity index (χ2n) is 4.37. The first-order valence-corrected chi connectivity index (χ1v) is 5.99. The van der Waals surface area contributed by atoms with E-state index < -0.39 is 0 Å². The first-order valence-electron chi connectivity index (χ1n) is 5.99. The summed E-state index contributed by atoms with van der Waals surface area (Å²) in [5.74, 6) is 0. The van der Waals surface area contributed by atoms with Gasteiger partial charge in [-0.15, -0.1) is 0 Å². The molecule has 0 aliphatic carbocycles. The Labute approximate surface area is 103 Å². The van der Waals surface area contributed by atoms with Crippen LogP contribution in [0.5, 0.6) is 0 Å². The summed E-state index contributed by atoms with van der Waals surface area (Å²) in [5, 5.41) is 9.68. The molecule has 0 radical (unpaired) electrons. The predicted octanol–water partition coefficient (Wildman–Crippen LogP) is 0.819. The molecule has 0 aromatic heterocycles. The summed E-state index contributed by atoms with van der Waals surface area (Å²) in [5.41, 5.74) is 2.57. The minimum Gasteiger partial charge on any atom is -0.373 e. The van der Waals surface area contributed by atoms with Gasteiger partial charge in [0.15, 0.2) is 0 Å². The molecule has 4 heteroatoms. The predicted molar refractivity (Wildman–Crippen MR) is 71.9 cm³/mol. The Morgan fingerprint density at radius 2 is 2.29 bits per heavy atom. The lowest BCUT2D eigenvalue weighted by Crippen LogP contribution is -2.31. The van der Waals surface area contributed by atoms with Crippen LogP contribution < -0.4 is 5.32 Å². The van der Waals surface area contributed by atoms with E-state index >= 15 is 0 Å². The molecule has 0 aromatic carbocycles. The molecule has 0 saturated heterocycles. The molecule has 2 aliphatic heterocycles. The third-order valence-electron chi connectivity index (χ3n) is 2.97. The quantitative estimate of drug-likeness (QED) is 0.778. The van der Waals surface area contributed by atoms with E-state index in [9.17, 15) is 0 Å². The van der Waals surface area contributed by atoms with Gasteiger partial charge in [-0.3, -0.25) is 5.01 Å². The molecule has 0 saturated carbocycles.